The molecular formula is C14H19N2NaO4S. The number of amides is 1. The second-order valence-corrected chi connectivity index (χ2v) is 6.82. The van der Waals surface area contributed by atoms with Crippen LogP contribution in [0.4, 0.5) is 10.5 Å². The summed E-state index contributed by atoms with van der Waals surface area (Å²) in [6, 6.07) is 1.61. The molecule has 0 unspecified atom stereocenters. The van der Waals surface area contributed by atoms with Crippen molar-refractivity contribution in [2.75, 3.05) is 31.1 Å². The smallest absolute Gasteiger partial charge is 0.544 e. The molecule has 1 saturated heterocycles. The fourth-order valence-corrected chi connectivity index (χ4v) is 2.82. The summed E-state index contributed by atoms with van der Waals surface area (Å²) in [5, 5.41) is 12.6. The summed E-state index contributed by atoms with van der Waals surface area (Å²) in [6.07, 6.45) is -0.303. The monoisotopic (exact) mass is 334 g/mol. The number of hydrogen-bond acceptors (Lipinski definition) is 6. The van der Waals surface area contributed by atoms with E-state index in [-0.39, 0.29) is 40.5 Å². The second-order valence-electron chi connectivity index (χ2n) is 5.91. The number of aromatic carboxylic acids is 1. The van der Waals surface area contributed by atoms with Gasteiger partial charge < -0.3 is 24.4 Å². The Balaban J connectivity index is 0.00000242. The van der Waals surface area contributed by atoms with Gasteiger partial charge >= 0.3 is 35.7 Å². The van der Waals surface area contributed by atoms with Crippen molar-refractivity contribution in [3.63, 3.8) is 0 Å². The first-order valence-corrected chi connectivity index (χ1v) is 7.67. The molecule has 0 aromatic carbocycles. The molecule has 22 heavy (non-hydrogen) atoms. The summed E-state index contributed by atoms with van der Waals surface area (Å²) in [5.41, 5.74) is 0.369. The van der Waals surface area contributed by atoms with Crippen LogP contribution in [0.1, 0.15) is 30.4 Å². The molecular weight excluding hydrogens is 315 g/mol. The third-order valence-electron chi connectivity index (χ3n) is 3.08. The van der Waals surface area contributed by atoms with Crippen molar-refractivity contribution in [3.05, 3.63) is 16.3 Å². The molecule has 2 rings (SSSR count). The molecule has 116 valence electrons. The number of thiophene rings is 1. The number of carboxylic acids is 1. The molecule has 8 heteroatoms. The minimum absolute atomic E-state index is 0. The Hall–Kier alpha value is -0.760. The van der Waals surface area contributed by atoms with Crippen LogP contribution in [0.3, 0.4) is 0 Å². The maximum Gasteiger partial charge on any atom is 1.00 e. The van der Waals surface area contributed by atoms with Crippen molar-refractivity contribution in [1.29, 1.82) is 0 Å². The van der Waals surface area contributed by atoms with E-state index in [1.807, 2.05) is 20.8 Å². The van der Waals surface area contributed by atoms with E-state index in [4.69, 9.17) is 4.74 Å². The Morgan fingerprint density at radius 2 is 1.82 bits per heavy atom. The Bertz CT molecular complexity index is 533. The van der Waals surface area contributed by atoms with E-state index in [1.54, 1.807) is 16.3 Å². The number of ether oxygens (including phenoxy) is 1. The normalized spacial score (nSPS) is 15.2. The van der Waals surface area contributed by atoms with Gasteiger partial charge in [0.1, 0.15) is 5.60 Å². The van der Waals surface area contributed by atoms with Crippen molar-refractivity contribution in [2.45, 2.75) is 26.4 Å². The van der Waals surface area contributed by atoms with Gasteiger partial charge in [-0.05, 0) is 26.8 Å². The second kappa shape index (κ2) is 7.68. The van der Waals surface area contributed by atoms with E-state index >= 15 is 0 Å². The predicted octanol–water partition coefficient (Wildman–Crippen LogP) is -1.83. The third kappa shape index (κ3) is 5.15. The zero-order valence-electron chi connectivity index (χ0n) is 13.4. The van der Waals surface area contributed by atoms with Crippen LogP contribution in [0.15, 0.2) is 11.4 Å². The molecule has 1 aliphatic heterocycles. The van der Waals surface area contributed by atoms with E-state index in [0.29, 0.717) is 26.2 Å². The molecule has 0 aliphatic carbocycles. The number of piperazine rings is 1. The molecule has 0 saturated carbocycles. The van der Waals surface area contributed by atoms with Gasteiger partial charge in [-0.15, -0.1) is 11.3 Å². The fourth-order valence-electron chi connectivity index (χ4n) is 2.07. The quantitative estimate of drug-likeness (QED) is 0.595. The van der Waals surface area contributed by atoms with Gasteiger partial charge in [0, 0.05) is 37.2 Å². The SMILES string of the molecule is CC(C)(C)OC(=O)N1CCN(c2csc(C(=O)[O-])c2)CC1.[Na+]. The third-order valence-corrected chi connectivity index (χ3v) is 3.98. The number of nitrogens with zero attached hydrogens (tertiary/aromatic N) is 2. The molecule has 0 bridgehead atoms. The zero-order chi connectivity index (χ0) is 15.6. The summed E-state index contributed by atoms with van der Waals surface area (Å²) in [6.45, 7) is 7.96. The molecule has 1 aliphatic rings. The fraction of sp³-hybridized carbons (Fsp3) is 0.571. The average Bonchev–Trinajstić information content (AvgIpc) is 2.86. The first kappa shape index (κ1) is 19.3. The van der Waals surface area contributed by atoms with Crippen LogP contribution < -0.4 is 39.6 Å². The van der Waals surface area contributed by atoms with Crippen molar-refractivity contribution in [2.24, 2.45) is 0 Å². The Morgan fingerprint density at radius 1 is 1.23 bits per heavy atom. The van der Waals surface area contributed by atoms with Gasteiger partial charge in [0.25, 0.3) is 0 Å². The molecule has 0 atom stereocenters. The Kier molecular flexibility index (Phi) is 6.73. The van der Waals surface area contributed by atoms with Crippen LogP contribution in [-0.2, 0) is 4.74 Å². The number of hydrogen-bond donors (Lipinski definition) is 0. The number of carboxylic acid groups (broad SMARTS) is 1. The number of carbonyl (C=O) groups is 2. The molecule has 6 nitrogen and oxygen atoms in total. The molecule has 0 N–H and O–H groups in total. The van der Waals surface area contributed by atoms with Crippen LogP contribution in [0.25, 0.3) is 0 Å². The summed E-state index contributed by atoms with van der Waals surface area (Å²) in [5.74, 6) is -1.15. The molecule has 1 amide bonds. The largest absolute Gasteiger partial charge is 1.00 e. The maximum absolute atomic E-state index is 12.0. The number of carbonyl (C=O) groups excluding carboxylic acids is 2. The van der Waals surface area contributed by atoms with Gasteiger partial charge in [-0.2, -0.15) is 0 Å². The van der Waals surface area contributed by atoms with E-state index in [1.165, 1.54) is 0 Å². The van der Waals surface area contributed by atoms with Crippen LogP contribution >= 0.6 is 11.3 Å². The molecule has 1 aromatic rings. The predicted molar refractivity (Wildman–Crippen MR) is 78.7 cm³/mol. The summed E-state index contributed by atoms with van der Waals surface area (Å²) in [4.78, 5) is 26.7. The average molecular weight is 334 g/mol. The first-order valence-electron chi connectivity index (χ1n) is 6.79. The van der Waals surface area contributed by atoms with Gasteiger partial charge in [0.05, 0.1) is 10.8 Å². The molecule has 1 fully saturated rings. The molecule has 1 aromatic heterocycles. The Labute approximate surface area is 156 Å². The van der Waals surface area contributed by atoms with E-state index < -0.39 is 11.6 Å². The zero-order valence-corrected chi connectivity index (χ0v) is 16.2. The van der Waals surface area contributed by atoms with Crippen molar-refractivity contribution in [1.82, 2.24) is 4.90 Å². The molecule has 2 heterocycles. The maximum atomic E-state index is 12.0. The van der Waals surface area contributed by atoms with Gasteiger partial charge in [-0.3, -0.25) is 0 Å². The Morgan fingerprint density at radius 3 is 2.27 bits per heavy atom. The minimum atomic E-state index is -1.15. The summed E-state index contributed by atoms with van der Waals surface area (Å²) in [7, 11) is 0. The minimum Gasteiger partial charge on any atom is -0.544 e. The van der Waals surface area contributed by atoms with Crippen LogP contribution in [-0.4, -0.2) is 48.7 Å². The van der Waals surface area contributed by atoms with Crippen LogP contribution in [0.2, 0.25) is 0 Å². The number of anilines is 1. The van der Waals surface area contributed by atoms with Gasteiger partial charge in [0.15, 0.2) is 0 Å². The molecule has 0 spiro atoms. The van der Waals surface area contributed by atoms with E-state index in [0.717, 1.165) is 17.0 Å². The topological polar surface area (TPSA) is 72.9 Å². The summed E-state index contributed by atoms with van der Waals surface area (Å²) < 4.78 is 5.34. The van der Waals surface area contributed by atoms with Crippen LogP contribution in [0, 0.1) is 0 Å². The van der Waals surface area contributed by atoms with Gasteiger partial charge in [0.2, 0.25) is 0 Å². The van der Waals surface area contributed by atoms with Gasteiger partial charge in [-0.25, -0.2) is 4.79 Å². The van der Waals surface area contributed by atoms with Gasteiger partial charge in [-0.1, -0.05) is 0 Å². The van der Waals surface area contributed by atoms with Crippen molar-refractivity contribution in [3.8, 4) is 0 Å². The first-order chi connectivity index (χ1) is 9.76. The van der Waals surface area contributed by atoms with Crippen LogP contribution in [0.5, 0.6) is 0 Å². The standard InChI is InChI=1S/C14H20N2O4S.Na/c1-14(2,3)20-13(19)16-6-4-15(5-7-16)10-8-11(12(17)18)21-9-10;/h8-9H,4-7H2,1-3H3,(H,17,18);/q;+1/p-1. The van der Waals surface area contributed by atoms with Crippen molar-refractivity contribution >= 4 is 29.1 Å². The van der Waals surface area contributed by atoms with E-state index in [2.05, 4.69) is 4.90 Å². The summed E-state index contributed by atoms with van der Waals surface area (Å²) >= 11 is 1.16. The van der Waals surface area contributed by atoms with E-state index in [9.17, 15) is 14.7 Å². The van der Waals surface area contributed by atoms with Crippen molar-refractivity contribution < 1.29 is 49.0 Å². The molecule has 0 radical (unpaired) electrons. The number of rotatable bonds is 2.